The third-order valence-corrected chi connectivity index (χ3v) is 4.93. The van der Waals surface area contributed by atoms with Crippen LogP contribution in [0.2, 0.25) is 0 Å². The van der Waals surface area contributed by atoms with Crippen LogP contribution in [0.15, 0.2) is 68.8 Å². The molecular weight excluding hydrogens is 342 g/mol. The van der Waals surface area contributed by atoms with Crippen molar-refractivity contribution in [2.75, 3.05) is 17.3 Å². The number of anilines is 1. The Morgan fingerprint density at radius 2 is 1.83 bits per heavy atom. The second kappa shape index (κ2) is 8.03. The van der Waals surface area contributed by atoms with Crippen molar-refractivity contribution in [3.05, 3.63) is 54.6 Å². The molecular formula is C17H15N3O2S2. The number of hydrogen-bond acceptors (Lipinski definition) is 6. The number of hydrogen-bond donors (Lipinski definition) is 1. The first-order chi connectivity index (χ1) is 11.8. The lowest BCUT2D eigenvalue weighted by atomic mass is 10.2. The molecule has 1 aromatic heterocycles. The van der Waals surface area contributed by atoms with E-state index in [2.05, 4.69) is 15.5 Å². The predicted octanol–water partition coefficient (Wildman–Crippen LogP) is 4.19. The minimum atomic E-state index is -0.183. The van der Waals surface area contributed by atoms with Crippen molar-refractivity contribution >= 4 is 35.4 Å². The summed E-state index contributed by atoms with van der Waals surface area (Å²) in [6.45, 7) is 0. The van der Waals surface area contributed by atoms with Gasteiger partial charge in [0.15, 0.2) is 0 Å². The highest BCUT2D eigenvalue weighted by atomic mass is 32.2. The number of carbonyl (C=O) groups excluding carboxylic acids is 1. The van der Waals surface area contributed by atoms with Crippen molar-refractivity contribution in [2.24, 2.45) is 0 Å². The van der Waals surface area contributed by atoms with Gasteiger partial charge in [-0.2, -0.15) is 0 Å². The summed E-state index contributed by atoms with van der Waals surface area (Å²) in [5, 5.41) is 10.5. The smallest absolute Gasteiger partial charge is 0.322 e. The molecule has 0 unspecified atom stereocenters. The summed E-state index contributed by atoms with van der Waals surface area (Å²) in [6, 6.07) is 17.6. The quantitative estimate of drug-likeness (QED) is 0.667. The van der Waals surface area contributed by atoms with Crippen LogP contribution in [0, 0.1) is 0 Å². The van der Waals surface area contributed by atoms with Crippen LogP contribution < -0.4 is 5.32 Å². The molecule has 0 radical (unpaired) electrons. The van der Waals surface area contributed by atoms with Gasteiger partial charge in [0.05, 0.1) is 11.3 Å². The second-order valence-corrected chi connectivity index (χ2v) is 6.66. The van der Waals surface area contributed by atoms with Gasteiger partial charge in [0.25, 0.3) is 5.89 Å². The first kappa shape index (κ1) is 16.6. The molecule has 3 rings (SSSR count). The van der Waals surface area contributed by atoms with Gasteiger partial charge in [-0.3, -0.25) is 10.1 Å². The van der Waals surface area contributed by atoms with Crippen LogP contribution in [0.3, 0.4) is 0 Å². The largest absolute Gasteiger partial charge is 0.403 e. The monoisotopic (exact) mass is 357 g/mol. The zero-order valence-corrected chi connectivity index (χ0v) is 14.6. The Bertz CT molecular complexity index is 821. The Hall–Kier alpha value is -2.25. The maximum atomic E-state index is 12.0. The van der Waals surface area contributed by atoms with Crippen molar-refractivity contribution in [1.82, 2.24) is 10.2 Å². The molecule has 0 aliphatic carbocycles. The maximum Gasteiger partial charge on any atom is 0.322 e. The van der Waals surface area contributed by atoms with E-state index in [1.807, 2.05) is 60.9 Å². The van der Waals surface area contributed by atoms with Crippen LogP contribution in [-0.2, 0) is 4.79 Å². The molecule has 2 aromatic carbocycles. The second-order valence-electron chi connectivity index (χ2n) is 4.76. The molecule has 5 nitrogen and oxygen atoms in total. The first-order valence-corrected chi connectivity index (χ1v) is 9.42. The Labute approximate surface area is 148 Å². The average Bonchev–Trinajstić information content (AvgIpc) is 3.09. The fourth-order valence-electron chi connectivity index (χ4n) is 2.02. The van der Waals surface area contributed by atoms with E-state index in [4.69, 9.17) is 4.42 Å². The van der Waals surface area contributed by atoms with Gasteiger partial charge >= 0.3 is 6.01 Å². The molecule has 0 aliphatic heterocycles. The molecule has 1 amide bonds. The Morgan fingerprint density at radius 3 is 2.62 bits per heavy atom. The van der Waals surface area contributed by atoms with Crippen molar-refractivity contribution in [1.29, 1.82) is 0 Å². The van der Waals surface area contributed by atoms with E-state index in [0.717, 1.165) is 15.4 Å². The molecule has 24 heavy (non-hydrogen) atoms. The number of thioether (sulfide) groups is 2. The molecule has 0 atom stereocenters. The maximum absolute atomic E-state index is 12.0. The summed E-state index contributed by atoms with van der Waals surface area (Å²) < 4.78 is 5.56. The molecule has 1 heterocycles. The van der Waals surface area contributed by atoms with Gasteiger partial charge in [-0.25, -0.2) is 0 Å². The molecule has 0 saturated heterocycles. The van der Waals surface area contributed by atoms with Crippen molar-refractivity contribution in [3.8, 4) is 11.5 Å². The van der Waals surface area contributed by atoms with Crippen molar-refractivity contribution in [3.63, 3.8) is 0 Å². The predicted molar refractivity (Wildman–Crippen MR) is 97.3 cm³/mol. The van der Waals surface area contributed by atoms with E-state index in [0.29, 0.717) is 5.89 Å². The topological polar surface area (TPSA) is 68.0 Å². The van der Waals surface area contributed by atoms with Crippen LogP contribution >= 0.6 is 23.5 Å². The highest BCUT2D eigenvalue weighted by molar-refractivity contribution is 8.00. The van der Waals surface area contributed by atoms with Gasteiger partial charge in [-0.1, -0.05) is 35.4 Å². The van der Waals surface area contributed by atoms with Gasteiger partial charge in [-0.15, -0.1) is 28.6 Å². The molecule has 0 saturated carbocycles. The van der Waals surface area contributed by atoms with E-state index in [-0.39, 0.29) is 17.7 Å². The third kappa shape index (κ3) is 4.18. The van der Waals surface area contributed by atoms with Crippen LogP contribution in [0.5, 0.6) is 0 Å². The number of aromatic nitrogens is 2. The summed E-state index contributed by atoms with van der Waals surface area (Å²) >= 11 is 3.05. The van der Waals surface area contributed by atoms with Crippen molar-refractivity contribution < 1.29 is 9.21 Å². The van der Waals surface area contributed by atoms with E-state index >= 15 is 0 Å². The zero-order chi connectivity index (χ0) is 16.8. The number of nitrogens with zero attached hydrogens (tertiary/aromatic N) is 2. The average molecular weight is 357 g/mol. The van der Waals surface area contributed by atoms with Gasteiger partial charge in [0, 0.05) is 9.79 Å². The van der Waals surface area contributed by atoms with Crippen LogP contribution in [0.1, 0.15) is 0 Å². The highest BCUT2D eigenvalue weighted by Gasteiger charge is 2.14. The summed E-state index contributed by atoms with van der Waals surface area (Å²) in [5.41, 5.74) is 0.858. The lowest BCUT2D eigenvalue weighted by Crippen LogP contribution is -2.14. The fourth-order valence-corrected chi connectivity index (χ4v) is 3.33. The van der Waals surface area contributed by atoms with Crippen molar-refractivity contribution in [2.45, 2.75) is 9.79 Å². The Balaban J connectivity index is 1.62. The van der Waals surface area contributed by atoms with Gasteiger partial charge in [-0.05, 0) is 30.5 Å². The molecule has 0 aliphatic rings. The lowest BCUT2D eigenvalue weighted by molar-refractivity contribution is -0.113. The number of carbonyl (C=O) groups is 1. The molecule has 0 spiro atoms. The normalized spacial score (nSPS) is 10.5. The number of amides is 1. The number of rotatable bonds is 6. The minimum Gasteiger partial charge on any atom is -0.403 e. The fraction of sp³-hybridized carbons (Fsp3) is 0.118. The zero-order valence-electron chi connectivity index (χ0n) is 12.9. The van der Waals surface area contributed by atoms with Crippen LogP contribution in [0.4, 0.5) is 6.01 Å². The minimum absolute atomic E-state index is 0.111. The summed E-state index contributed by atoms with van der Waals surface area (Å²) in [4.78, 5) is 14.1. The third-order valence-electron chi connectivity index (χ3n) is 3.12. The lowest BCUT2D eigenvalue weighted by Gasteiger charge is -2.02. The van der Waals surface area contributed by atoms with Crippen LogP contribution in [-0.4, -0.2) is 28.1 Å². The van der Waals surface area contributed by atoms with E-state index < -0.39 is 0 Å². The number of benzene rings is 2. The molecule has 122 valence electrons. The van der Waals surface area contributed by atoms with E-state index in [1.165, 1.54) is 11.8 Å². The molecule has 7 heteroatoms. The van der Waals surface area contributed by atoms with Crippen LogP contribution in [0.25, 0.3) is 11.5 Å². The van der Waals surface area contributed by atoms with E-state index in [1.54, 1.807) is 11.8 Å². The molecule has 0 bridgehead atoms. The highest BCUT2D eigenvalue weighted by Crippen LogP contribution is 2.29. The molecule has 0 fully saturated rings. The summed E-state index contributed by atoms with van der Waals surface area (Å²) in [5.74, 6) is 0.492. The van der Waals surface area contributed by atoms with Gasteiger partial charge in [0.1, 0.15) is 0 Å². The summed E-state index contributed by atoms with van der Waals surface area (Å²) in [7, 11) is 0. The Kier molecular flexibility index (Phi) is 5.55. The SMILES string of the molecule is CSc1ccccc1-c1nnc(NC(=O)CSc2ccccc2)o1. The summed E-state index contributed by atoms with van der Waals surface area (Å²) in [6.07, 6.45) is 1.98. The first-order valence-electron chi connectivity index (χ1n) is 7.21. The molecule has 3 aromatic rings. The standard InChI is InChI=1S/C17H15N3O2S2/c1-23-14-10-6-5-9-13(14)16-19-20-17(22-16)18-15(21)11-24-12-7-3-2-4-8-12/h2-10H,11H2,1H3,(H,18,20,21). The Morgan fingerprint density at radius 1 is 1.08 bits per heavy atom. The van der Waals surface area contributed by atoms with Gasteiger partial charge < -0.3 is 4.42 Å². The van der Waals surface area contributed by atoms with Gasteiger partial charge in [0.2, 0.25) is 5.91 Å². The van der Waals surface area contributed by atoms with E-state index in [9.17, 15) is 4.79 Å². The number of nitrogens with one attached hydrogen (secondary N) is 1. The molecule has 1 N–H and O–H groups in total.